The highest BCUT2D eigenvalue weighted by atomic mass is 79.9. The van der Waals surface area contributed by atoms with Gasteiger partial charge in [-0.1, -0.05) is 57.5 Å². The Morgan fingerprint density at radius 3 is 2.64 bits per heavy atom. The Bertz CT molecular complexity index is 948. The van der Waals surface area contributed by atoms with Crippen molar-refractivity contribution in [1.82, 2.24) is 5.16 Å². The number of alkyl halides is 1. The van der Waals surface area contributed by atoms with E-state index in [0.29, 0.717) is 13.2 Å². The zero-order valence-electron chi connectivity index (χ0n) is 16.2. The highest BCUT2D eigenvalue weighted by Gasteiger charge is 2.17. The van der Waals surface area contributed by atoms with Crippen molar-refractivity contribution in [2.24, 2.45) is 0 Å². The van der Waals surface area contributed by atoms with Crippen molar-refractivity contribution in [2.75, 3.05) is 10.7 Å². The molecule has 7 heteroatoms. The number of nitrogens with zero attached hydrogens (tertiary/aromatic N) is 2. The molecule has 0 fully saturated rings. The molecule has 28 heavy (non-hydrogen) atoms. The predicted octanol–water partition coefficient (Wildman–Crippen LogP) is 6.69. The first kappa shape index (κ1) is 21.4. The summed E-state index contributed by atoms with van der Waals surface area (Å²) in [6.45, 7) is 7.25. The van der Waals surface area contributed by atoms with Crippen LogP contribution in [-0.4, -0.2) is 11.8 Å². The number of aryl methyl sites for hydroxylation is 1. The van der Waals surface area contributed by atoms with Gasteiger partial charge in [0.1, 0.15) is 5.76 Å². The molecule has 0 saturated heterocycles. The van der Waals surface area contributed by atoms with Crippen LogP contribution in [0.4, 0.5) is 5.82 Å². The highest BCUT2D eigenvalue weighted by molar-refractivity contribution is 9.08. The average Bonchev–Trinajstić information content (AvgIpc) is 3.05. The largest absolute Gasteiger partial charge is 0.377 e. The van der Waals surface area contributed by atoms with Gasteiger partial charge in [-0.15, -0.1) is 0 Å². The lowest BCUT2D eigenvalue weighted by Crippen LogP contribution is -2.01. The SMILES string of the molecule is CCOCc1cc(CBr)ccc1-c1ccccc1SN(P)c1noc(C)c1C. The molecule has 0 aliphatic rings. The number of hydrogen-bond acceptors (Lipinski definition) is 5. The molecule has 1 heterocycles. The fourth-order valence-electron chi connectivity index (χ4n) is 2.85. The van der Waals surface area contributed by atoms with Gasteiger partial charge in [-0.25, -0.2) is 0 Å². The van der Waals surface area contributed by atoms with Gasteiger partial charge in [0.15, 0.2) is 5.82 Å². The Hall–Kier alpha value is -1.33. The van der Waals surface area contributed by atoms with E-state index in [1.54, 1.807) is 11.9 Å². The van der Waals surface area contributed by atoms with E-state index in [9.17, 15) is 0 Å². The summed E-state index contributed by atoms with van der Waals surface area (Å²) >= 11 is 5.16. The lowest BCUT2D eigenvalue weighted by Gasteiger charge is -2.19. The minimum Gasteiger partial charge on any atom is -0.377 e. The van der Waals surface area contributed by atoms with Crippen LogP contribution in [0.2, 0.25) is 0 Å². The van der Waals surface area contributed by atoms with E-state index in [1.807, 2.05) is 24.8 Å². The van der Waals surface area contributed by atoms with E-state index in [0.717, 1.165) is 27.4 Å². The molecule has 2 aromatic carbocycles. The quantitative estimate of drug-likeness (QED) is 0.204. The van der Waals surface area contributed by atoms with Gasteiger partial charge in [-0.05, 0) is 70.4 Å². The molecular formula is C21H24BrN2O2PS. The fourth-order valence-corrected chi connectivity index (χ4v) is 4.67. The fraction of sp³-hybridized carbons (Fsp3) is 0.286. The van der Waals surface area contributed by atoms with Crippen molar-refractivity contribution in [3.63, 3.8) is 0 Å². The van der Waals surface area contributed by atoms with Crippen LogP contribution in [0.3, 0.4) is 0 Å². The van der Waals surface area contributed by atoms with Gasteiger partial charge >= 0.3 is 0 Å². The molecule has 0 radical (unpaired) electrons. The molecule has 4 nitrogen and oxygen atoms in total. The third kappa shape index (κ3) is 4.80. The second-order valence-electron chi connectivity index (χ2n) is 6.36. The molecule has 1 unspecified atom stereocenters. The first-order valence-corrected chi connectivity index (χ1v) is 11.5. The van der Waals surface area contributed by atoms with Gasteiger partial charge in [0, 0.05) is 22.4 Å². The predicted molar refractivity (Wildman–Crippen MR) is 124 cm³/mol. The van der Waals surface area contributed by atoms with Crippen molar-refractivity contribution in [2.45, 2.75) is 37.6 Å². The van der Waals surface area contributed by atoms with Gasteiger partial charge in [-0.2, -0.15) is 0 Å². The normalized spacial score (nSPS) is 11.0. The van der Waals surface area contributed by atoms with E-state index in [-0.39, 0.29) is 0 Å². The lowest BCUT2D eigenvalue weighted by atomic mass is 9.98. The Kier molecular flexibility index (Phi) is 7.58. The van der Waals surface area contributed by atoms with E-state index in [1.165, 1.54) is 22.3 Å². The monoisotopic (exact) mass is 478 g/mol. The number of ether oxygens (including phenoxy) is 1. The van der Waals surface area contributed by atoms with Gasteiger partial charge in [0.25, 0.3) is 0 Å². The van der Waals surface area contributed by atoms with Crippen LogP contribution in [0, 0.1) is 13.8 Å². The number of anilines is 1. The van der Waals surface area contributed by atoms with Gasteiger partial charge in [0.2, 0.25) is 0 Å². The van der Waals surface area contributed by atoms with Crippen molar-refractivity contribution in [1.29, 1.82) is 0 Å². The van der Waals surface area contributed by atoms with Crippen LogP contribution < -0.4 is 4.08 Å². The third-order valence-electron chi connectivity index (χ3n) is 4.50. The number of halogens is 1. The second kappa shape index (κ2) is 9.93. The van der Waals surface area contributed by atoms with Crippen molar-refractivity contribution in [3.05, 3.63) is 64.9 Å². The van der Waals surface area contributed by atoms with Gasteiger partial charge in [-0.3, -0.25) is 4.08 Å². The molecule has 0 bridgehead atoms. The minimum absolute atomic E-state index is 0.595. The standard InChI is InChI=1S/C21H24BrN2O2PS/c1-4-25-13-17-11-16(12-22)9-10-18(17)19-7-5-6-8-20(19)28-24(27)21-14(2)15(3)26-23-21/h5-11H,4,12-13,27H2,1-3H3. The third-order valence-corrected chi connectivity index (χ3v) is 6.63. The maximum absolute atomic E-state index is 5.73. The Morgan fingerprint density at radius 1 is 1.18 bits per heavy atom. The van der Waals surface area contributed by atoms with E-state index in [4.69, 9.17) is 9.26 Å². The molecule has 3 aromatic rings. The molecule has 1 atom stereocenters. The van der Waals surface area contributed by atoms with E-state index in [2.05, 4.69) is 72.9 Å². The molecule has 1 aromatic heterocycles. The smallest absolute Gasteiger partial charge is 0.188 e. The zero-order chi connectivity index (χ0) is 20.1. The summed E-state index contributed by atoms with van der Waals surface area (Å²) in [5, 5.41) is 5.00. The second-order valence-corrected chi connectivity index (χ2v) is 8.83. The van der Waals surface area contributed by atoms with Crippen LogP contribution in [0.5, 0.6) is 0 Å². The molecule has 3 rings (SSSR count). The van der Waals surface area contributed by atoms with Crippen molar-refractivity contribution >= 4 is 43.1 Å². The zero-order valence-corrected chi connectivity index (χ0v) is 19.8. The van der Waals surface area contributed by atoms with Gasteiger partial charge < -0.3 is 9.26 Å². The number of rotatable bonds is 8. The maximum atomic E-state index is 5.73. The molecule has 0 aliphatic heterocycles. The van der Waals surface area contributed by atoms with E-state index < -0.39 is 0 Å². The summed E-state index contributed by atoms with van der Waals surface area (Å²) in [7, 11) is 2.73. The molecule has 0 spiro atoms. The first-order chi connectivity index (χ1) is 13.5. The highest BCUT2D eigenvalue weighted by Crippen LogP contribution is 2.40. The molecule has 0 N–H and O–H groups in total. The Morgan fingerprint density at radius 2 is 1.96 bits per heavy atom. The average molecular weight is 479 g/mol. The molecular weight excluding hydrogens is 455 g/mol. The van der Waals surface area contributed by atoms with E-state index >= 15 is 0 Å². The molecule has 0 aliphatic carbocycles. The summed E-state index contributed by atoms with van der Waals surface area (Å²) in [5.74, 6) is 1.65. The van der Waals surface area contributed by atoms with Gasteiger partial charge in [0.05, 0.1) is 6.61 Å². The molecule has 0 saturated carbocycles. The van der Waals surface area contributed by atoms with Crippen LogP contribution in [-0.2, 0) is 16.7 Å². The Balaban J connectivity index is 1.97. The van der Waals surface area contributed by atoms with Crippen molar-refractivity contribution < 1.29 is 9.26 Å². The summed E-state index contributed by atoms with van der Waals surface area (Å²) in [6, 6.07) is 15.0. The number of hydrogen-bond donors (Lipinski definition) is 0. The number of benzene rings is 2. The molecule has 0 amide bonds. The summed E-state index contributed by atoms with van der Waals surface area (Å²) < 4.78 is 13.0. The molecule has 148 valence electrons. The summed E-state index contributed by atoms with van der Waals surface area (Å²) in [5.41, 5.74) is 5.83. The van der Waals surface area contributed by atoms with Crippen LogP contribution in [0.1, 0.15) is 29.4 Å². The first-order valence-electron chi connectivity index (χ1n) is 9.05. The maximum Gasteiger partial charge on any atom is 0.188 e. The topological polar surface area (TPSA) is 38.5 Å². The number of aromatic nitrogens is 1. The van der Waals surface area contributed by atoms with Crippen LogP contribution in [0.15, 0.2) is 51.9 Å². The lowest BCUT2D eigenvalue weighted by molar-refractivity contribution is 0.134. The summed E-state index contributed by atoms with van der Waals surface area (Å²) in [6.07, 6.45) is 0. The van der Waals surface area contributed by atoms with Crippen LogP contribution >= 0.6 is 37.3 Å². The Labute approximate surface area is 181 Å². The van der Waals surface area contributed by atoms with Crippen molar-refractivity contribution in [3.8, 4) is 11.1 Å². The van der Waals surface area contributed by atoms with Crippen LogP contribution in [0.25, 0.3) is 11.1 Å². The minimum atomic E-state index is 0.595. The summed E-state index contributed by atoms with van der Waals surface area (Å²) in [4.78, 5) is 1.14.